The number of hydrogen-bond donors (Lipinski definition) is 2. The van der Waals surface area contributed by atoms with Crippen molar-refractivity contribution in [2.24, 2.45) is 17.4 Å². The van der Waals surface area contributed by atoms with Gasteiger partial charge in [0.25, 0.3) is 0 Å². The van der Waals surface area contributed by atoms with Gasteiger partial charge < -0.3 is 16.4 Å². The molecule has 7 heteroatoms. The van der Waals surface area contributed by atoms with Gasteiger partial charge in [0.1, 0.15) is 0 Å². The molecule has 1 heterocycles. The Bertz CT molecular complexity index is 323. The van der Waals surface area contributed by atoms with Crippen LogP contribution in [0, 0.1) is 5.92 Å². The maximum absolute atomic E-state index is 12.5. The molecule has 0 aliphatic carbocycles. The van der Waals surface area contributed by atoms with Crippen LogP contribution >= 0.6 is 0 Å². The van der Waals surface area contributed by atoms with Crippen molar-refractivity contribution < 1.29 is 18.0 Å². The van der Waals surface area contributed by atoms with E-state index in [9.17, 15) is 18.0 Å². The lowest BCUT2D eigenvalue weighted by molar-refractivity contribution is -0.186. The van der Waals surface area contributed by atoms with E-state index < -0.39 is 23.5 Å². The number of piperidine rings is 1. The number of amides is 1. The third-order valence-corrected chi connectivity index (χ3v) is 3.90. The maximum atomic E-state index is 12.5. The normalized spacial score (nSPS) is 23.9. The summed E-state index contributed by atoms with van der Waals surface area (Å²) in [5.74, 6) is -1.80. The van der Waals surface area contributed by atoms with Crippen molar-refractivity contribution in [1.82, 2.24) is 4.90 Å². The number of rotatable bonds is 4. The largest absolute Gasteiger partial charge is 0.391 e. The predicted octanol–water partition coefficient (Wildman–Crippen LogP) is 1.24. The van der Waals surface area contributed by atoms with E-state index >= 15 is 0 Å². The van der Waals surface area contributed by atoms with Crippen LogP contribution in [0.5, 0.6) is 0 Å². The molecule has 1 saturated heterocycles. The summed E-state index contributed by atoms with van der Waals surface area (Å²) < 4.78 is 37.6. The molecule has 0 aromatic carbocycles. The van der Waals surface area contributed by atoms with E-state index in [1.54, 1.807) is 6.92 Å². The van der Waals surface area contributed by atoms with Crippen LogP contribution in [0.3, 0.4) is 0 Å². The minimum Gasteiger partial charge on any atom is -0.368 e. The van der Waals surface area contributed by atoms with Crippen LogP contribution < -0.4 is 11.5 Å². The first-order valence-electron chi connectivity index (χ1n) is 6.43. The van der Waals surface area contributed by atoms with Crippen LogP contribution in [0.15, 0.2) is 0 Å². The molecule has 2 unspecified atom stereocenters. The van der Waals surface area contributed by atoms with E-state index in [0.29, 0.717) is 19.5 Å². The molecule has 2 atom stereocenters. The van der Waals surface area contributed by atoms with E-state index in [1.807, 2.05) is 11.8 Å². The number of carbonyl (C=O) groups excluding carboxylic acids is 1. The van der Waals surface area contributed by atoms with Crippen LogP contribution in [-0.4, -0.2) is 41.7 Å². The van der Waals surface area contributed by atoms with Crippen LogP contribution in [0.25, 0.3) is 0 Å². The molecule has 1 fully saturated rings. The lowest BCUT2D eigenvalue weighted by atomic mass is 9.90. The van der Waals surface area contributed by atoms with Gasteiger partial charge in [-0.3, -0.25) is 4.79 Å². The Balaban J connectivity index is 2.50. The van der Waals surface area contributed by atoms with Gasteiger partial charge in [-0.25, -0.2) is 0 Å². The number of primary amides is 1. The van der Waals surface area contributed by atoms with Crippen LogP contribution in [0.4, 0.5) is 13.2 Å². The fraction of sp³-hybridized carbons (Fsp3) is 0.917. The molecule has 0 aromatic rings. The Morgan fingerprint density at radius 1 is 1.37 bits per heavy atom. The van der Waals surface area contributed by atoms with E-state index in [1.165, 1.54) is 0 Å². The Labute approximate surface area is 111 Å². The van der Waals surface area contributed by atoms with Gasteiger partial charge in [0, 0.05) is 6.04 Å². The van der Waals surface area contributed by atoms with Gasteiger partial charge in [0.05, 0.1) is 11.5 Å². The molecule has 112 valence electrons. The van der Waals surface area contributed by atoms with E-state index in [2.05, 4.69) is 0 Å². The molecule has 1 rings (SSSR count). The second-order valence-corrected chi connectivity index (χ2v) is 5.69. The molecule has 1 aliphatic rings. The molecule has 19 heavy (non-hydrogen) atoms. The third-order valence-electron chi connectivity index (χ3n) is 3.90. The lowest BCUT2D eigenvalue weighted by Crippen LogP contribution is -2.54. The van der Waals surface area contributed by atoms with E-state index in [4.69, 9.17) is 11.5 Å². The SMILES string of the molecule is CC(CC(C)(N)C(N)=O)N1CCC(C(F)(F)F)CC1. The summed E-state index contributed by atoms with van der Waals surface area (Å²) in [7, 11) is 0. The Kier molecular flexibility index (Phi) is 4.84. The molecule has 0 aromatic heterocycles. The molecule has 0 bridgehead atoms. The Morgan fingerprint density at radius 3 is 2.21 bits per heavy atom. The van der Waals surface area contributed by atoms with Crippen LogP contribution in [0.2, 0.25) is 0 Å². The van der Waals surface area contributed by atoms with Gasteiger partial charge in [0.2, 0.25) is 5.91 Å². The zero-order chi connectivity index (χ0) is 14.8. The predicted molar refractivity (Wildman–Crippen MR) is 66.2 cm³/mol. The highest BCUT2D eigenvalue weighted by atomic mass is 19.4. The van der Waals surface area contributed by atoms with Gasteiger partial charge >= 0.3 is 6.18 Å². The number of nitrogens with zero attached hydrogens (tertiary/aromatic N) is 1. The van der Waals surface area contributed by atoms with Crippen molar-refractivity contribution in [2.75, 3.05) is 13.1 Å². The Morgan fingerprint density at radius 2 is 1.84 bits per heavy atom. The average Bonchev–Trinajstić information content (AvgIpc) is 2.27. The fourth-order valence-electron chi connectivity index (χ4n) is 2.51. The first-order valence-corrected chi connectivity index (χ1v) is 6.43. The number of halogens is 3. The minimum absolute atomic E-state index is 0.0586. The lowest BCUT2D eigenvalue weighted by Gasteiger charge is -2.38. The Hall–Kier alpha value is -0.820. The monoisotopic (exact) mass is 281 g/mol. The second-order valence-electron chi connectivity index (χ2n) is 5.69. The summed E-state index contributed by atoms with van der Waals surface area (Å²) in [6.45, 7) is 4.16. The van der Waals surface area contributed by atoms with Gasteiger partial charge in [-0.15, -0.1) is 0 Å². The molecular weight excluding hydrogens is 259 g/mol. The number of alkyl halides is 3. The minimum atomic E-state index is -4.11. The zero-order valence-corrected chi connectivity index (χ0v) is 11.3. The van der Waals surface area contributed by atoms with Crippen LogP contribution in [-0.2, 0) is 4.79 Å². The third kappa shape index (κ3) is 4.35. The molecular formula is C12H22F3N3O. The summed E-state index contributed by atoms with van der Waals surface area (Å²) in [6.07, 6.45) is -3.55. The highest BCUT2D eigenvalue weighted by molar-refractivity contribution is 5.83. The standard InChI is InChI=1S/C12H22F3N3O/c1-8(7-11(2,17)10(16)19)18-5-3-9(4-6-18)12(13,14)15/h8-9H,3-7,17H2,1-2H3,(H2,16,19). The number of nitrogens with two attached hydrogens (primary N) is 2. The van der Waals surface area contributed by atoms with Crippen molar-refractivity contribution in [3.8, 4) is 0 Å². The topological polar surface area (TPSA) is 72.3 Å². The molecule has 4 N–H and O–H groups in total. The van der Waals surface area contributed by atoms with E-state index in [0.717, 1.165) is 0 Å². The molecule has 4 nitrogen and oxygen atoms in total. The average molecular weight is 281 g/mol. The summed E-state index contributed by atoms with van der Waals surface area (Å²) in [5.41, 5.74) is 9.85. The van der Waals surface area contributed by atoms with Crippen molar-refractivity contribution in [1.29, 1.82) is 0 Å². The summed E-state index contributed by atoms with van der Waals surface area (Å²) in [5, 5.41) is 0. The van der Waals surface area contributed by atoms with Gasteiger partial charge in [-0.05, 0) is 46.2 Å². The molecule has 0 saturated carbocycles. The number of hydrogen-bond acceptors (Lipinski definition) is 3. The number of likely N-dealkylation sites (tertiary alicyclic amines) is 1. The fourth-order valence-corrected chi connectivity index (χ4v) is 2.51. The summed E-state index contributed by atoms with van der Waals surface area (Å²) in [6, 6.07) is -0.0586. The quantitative estimate of drug-likeness (QED) is 0.814. The first-order chi connectivity index (χ1) is 8.54. The van der Waals surface area contributed by atoms with Crippen molar-refractivity contribution >= 4 is 5.91 Å². The van der Waals surface area contributed by atoms with Gasteiger partial charge in [-0.1, -0.05) is 0 Å². The van der Waals surface area contributed by atoms with Crippen molar-refractivity contribution in [3.63, 3.8) is 0 Å². The molecule has 1 aliphatic heterocycles. The van der Waals surface area contributed by atoms with Gasteiger partial charge in [-0.2, -0.15) is 13.2 Å². The van der Waals surface area contributed by atoms with Crippen LogP contribution in [0.1, 0.15) is 33.1 Å². The molecule has 0 spiro atoms. The maximum Gasteiger partial charge on any atom is 0.391 e. The smallest absolute Gasteiger partial charge is 0.368 e. The highest BCUT2D eigenvalue weighted by Crippen LogP contribution is 2.34. The number of carbonyl (C=O) groups is 1. The summed E-state index contributed by atoms with van der Waals surface area (Å²) in [4.78, 5) is 13.1. The zero-order valence-electron chi connectivity index (χ0n) is 11.3. The van der Waals surface area contributed by atoms with Crippen molar-refractivity contribution in [2.45, 2.75) is 50.9 Å². The van der Waals surface area contributed by atoms with E-state index in [-0.39, 0.29) is 18.9 Å². The van der Waals surface area contributed by atoms with Crippen molar-refractivity contribution in [3.05, 3.63) is 0 Å². The molecule has 1 amide bonds. The highest BCUT2D eigenvalue weighted by Gasteiger charge is 2.42. The summed E-state index contributed by atoms with van der Waals surface area (Å²) >= 11 is 0. The first kappa shape index (κ1) is 16.2. The van der Waals surface area contributed by atoms with Gasteiger partial charge in [0.15, 0.2) is 0 Å². The second kappa shape index (κ2) is 5.66. The molecule has 0 radical (unpaired) electrons.